The largest absolute Gasteiger partial charge is 0.390 e. The molecule has 9 nitrogen and oxygen atoms in total. The highest BCUT2D eigenvalue weighted by Gasteiger charge is 2.27. The summed E-state index contributed by atoms with van der Waals surface area (Å²) in [6.07, 6.45) is 4.14. The lowest BCUT2D eigenvalue weighted by atomic mass is 10.2. The number of nitrogens with one attached hydrogen (secondary N) is 2. The Kier molecular flexibility index (Phi) is 5.99. The van der Waals surface area contributed by atoms with Crippen molar-refractivity contribution in [2.45, 2.75) is 5.92 Å². The fourth-order valence-electron chi connectivity index (χ4n) is 2.93. The van der Waals surface area contributed by atoms with Crippen molar-refractivity contribution in [2.75, 3.05) is 23.8 Å². The molecule has 13 heteroatoms. The molecule has 0 amide bonds. The number of aliphatic hydroxyl groups is 1. The van der Waals surface area contributed by atoms with E-state index in [-0.39, 0.29) is 27.9 Å². The van der Waals surface area contributed by atoms with Gasteiger partial charge in [-0.3, -0.25) is 0 Å². The Morgan fingerprint density at radius 2 is 1.85 bits per heavy atom. The molecule has 0 spiro atoms. The summed E-state index contributed by atoms with van der Waals surface area (Å²) in [6.45, 7) is -2.10. The summed E-state index contributed by atoms with van der Waals surface area (Å²) >= 11 is 6.19. The van der Waals surface area contributed by atoms with Crippen LogP contribution in [0.4, 0.5) is 30.6 Å². The molecule has 0 radical (unpaired) electrons. The second-order valence-corrected chi connectivity index (χ2v) is 7.27. The van der Waals surface area contributed by atoms with Crippen LogP contribution in [-0.2, 0) is 0 Å². The molecule has 168 valence electrons. The normalized spacial score (nSPS) is 11.4. The number of fused-ring (bicyclic) bond motifs is 1. The number of halogens is 4. The zero-order valence-corrected chi connectivity index (χ0v) is 17.4. The standard InChI is InChI=1S/C20H14ClF3N8O/c21-13-1-11(5-25)2-14(22)19(13)32-15-3-17(26-6-12(15)7-30-32)31-18-4-16(28-10-29-18)27-8-20(23,24)9-33/h1-4,6-7,10,33H,8-9H2,(H2,26,27,28,29,31). The van der Waals surface area contributed by atoms with Gasteiger partial charge in [0.15, 0.2) is 5.82 Å². The molecule has 3 heterocycles. The van der Waals surface area contributed by atoms with E-state index in [0.717, 1.165) is 12.4 Å². The molecule has 0 bridgehead atoms. The molecule has 4 rings (SSSR count). The summed E-state index contributed by atoms with van der Waals surface area (Å²) in [7, 11) is 0. The quantitative estimate of drug-likeness (QED) is 0.370. The van der Waals surface area contributed by atoms with Crippen LogP contribution in [0.3, 0.4) is 0 Å². The highest BCUT2D eigenvalue weighted by atomic mass is 35.5. The van der Waals surface area contributed by atoms with Crippen LogP contribution in [0.1, 0.15) is 5.56 Å². The lowest BCUT2D eigenvalue weighted by Crippen LogP contribution is -2.31. The zero-order chi connectivity index (χ0) is 23.6. The molecule has 0 saturated heterocycles. The predicted molar refractivity (Wildman–Crippen MR) is 114 cm³/mol. The first-order chi connectivity index (χ1) is 15.8. The van der Waals surface area contributed by atoms with E-state index in [9.17, 15) is 13.2 Å². The van der Waals surface area contributed by atoms with Gasteiger partial charge in [0, 0.05) is 23.7 Å². The van der Waals surface area contributed by atoms with Crippen molar-refractivity contribution in [3.05, 3.63) is 59.4 Å². The monoisotopic (exact) mass is 474 g/mol. The first-order valence-corrected chi connectivity index (χ1v) is 9.72. The molecular weight excluding hydrogens is 461 g/mol. The molecule has 3 N–H and O–H groups in total. The number of hydrogen-bond acceptors (Lipinski definition) is 8. The fourth-order valence-corrected chi connectivity index (χ4v) is 3.22. The van der Waals surface area contributed by atoms with Crippen molar-refractivity contribution < 1.29 is 18.3 Å². The Bertz CT molecular complexity index is 1350. The maximum Gasteiger partial charge on any atom is 0.287 e. The summed E-state index contributed by atoms with van der Waals surface area (Å²) in [5, 5.41) is 27.8. The van der Waals surface area contributed by atoms with Gasteiger partial charge in [-0.2, -0.15) is 10.4 Å². The Labute approximate surface area is 189 Å². The van der Waals surface area contributed by atoms with E-state index in [2.05, 4.69) is 30.7 Å². The van der Waals surface area contributed by atoms with Crippen molar-refractivity contribution in [2.24, 2.45) is 0 Å². The summed E-state index contributed by atoms with van der Waals surface area (Å²) in [6, 6.07) is 7.19. The molecule has 33 heavy (non-hydrogen) atoms. The Hall–Kier alpha value is -3.95. The van der Waals surface area contributed by atoms with Crippen molar-refractivity contribution in [3.63, 3.8) is 0 Å². The van der Waals surface area contributed by atoms with Crippen LogP contribution in [0, 0.1) is 17.1 Å². The molecule has 0 aliphatic carbocycles. The maximum atomic E-state index is 14.6. The second-order valence-electron chi connectivity index (χ2n) is 6.87. The maximum absolute atomic E-state index is 14.6. The number of anilines is 3. The Balaban J connectivity index is 1.63. The van der Waals surface area contributed by atoms with Gasteiger partial charge in [-0.05, 0) is 12.1 Å². The third-order valence-corrected chi connectivity index (χ3v) is 4.78. The van der Waals surface area contributed by atoms with Gasteiger partial charge in [0.25, 0.3) is 5.92 Å². The van der Waals surface area contributed by atoms with Crippen LogP contribution in [0.25, 0.3) is 16.6 Å². The minimum absolute atomic E-state index is 0.00840. The van der Waals surface area contributed by atoms with Crippen LogP contribution in [-0.4, -0.2) is 48.9 Å². The lowest BCUT2D eigenvalue weighted by molar-refractivity contribution is -0.0373. The van der Waals surface area contributed by atoms with Crippen LogP contribution in [0.2, 0.25) is 5.02 Å². The van der Waals surface area contributed by atoms with Crippen LogP contribution in [0.5, 0.6) is 0 Å². The van der Waals surface area contributed by atoms with Gasteiger partial charge >= 0.3 is 0 Å². The van der Waals surface area contributed by atoms with E-state index in [0.29, 0.717) is 16.7 Å². The molecule has 0 fully saturated rings. The smallest absolute Gasteiger partial charge is 0.287 e. The number of hydrogen-bond donors (Lipinski definition) is 3. The van der Waals surface area contributed by atoms with Crippen LogP contribution < -0.4 is 10.6 Å². The number of nitriles is 1. The Morgan fingerprint density at radius 1 is 1.09 bits per heavy atom. The molecule has 1 aromatic carbocycles. The first-order valence-electron chi connectivity index (χ1n) is 9.34. The SMILES string of the molecule is N#Cc1cc(F)c(-n2ncc3cnc(Nc4cc(NCC(F)(F)CO)ncn4)cc32)c(Cl)c1. The van der Waals surface area contributed by atoms with Gasteiger partial charge < -0.3 is 15.7 Å². The molecule has 4 aromatic rings. The van der Waals surface area contributed by atoms with E-state index in [1.165, 1.54) is 29.2 Å². The van der Waals surface area contributed by atoms with Crippen molar-refractivity contribution in [1.82, 2.24) is 24.7 Å². The first kappa shape index (κ1) is 22.3. The number of aromatic nitrogens is 5. The number of pyridine rings is 1. The van der Waals surface area contributed by atoms with Crippen molar-refractivity contribution >= 4 is 40.0 Å². The van der Waals surface area contributed by atoms with Gasteiger partial charge in [0.1, 0.15) is 36.1 Å². The molecule has 0 saturated carbocycles. The lowest BCUT2D eigenvalue weighted by Gasteiger charge is -2.14. The summed E-state index contributed by atoms with van der Waals surface area (Å²) in [4.78, 5) is 12.1. The van der Waals surface area contributed by atoms with Crippen molar-refractivity contribution in [1.29, 1.82) is 5.26 Å². The number of nitrogens with zero attached hydrogens (tertiary/aromatic N) is 6. The van der Waals surface area contributed by atoms with E-state index >= 15 is 0 Å². The predicted octanol–water partition coefficient (Wildman–Crippen LogP) is 3.66. The van der Waals surface area contributed by atoms with Crippen molar-refractivity contribution in [3.8, 4) is 11.8 Å². The third-order valence-electron chi connectivity index (χ3n) is 4.49. The number of benzene rings is 1. The molecular formula is C20H14ClF3N8O. The summed E-state index contributed by atoms with van der Waals surface area (Å²) in [5.74, 6) is -3.36. The van der Waals surface area contributed by atoms with E-state index in [1.54, 1.807) is 6.07 Å². The van der Waals surface area contributed by atoms with Gasteiger partial charge in [-0.25, -0.2) is 32.8 Å². The topological polar surface area (TPSA) is 125 Å². The number of rotatable bonds is 7. The summed E-state index contributed by atoms with van der Waals surface area (Å²) < 4.78 is 42.4. The fraction of sp³-hybridized carbons (Fsp3) is 0.150. The van der Waals surface area contributed by atoms with E-state index in [1.807, 2.05) is 6.07 Å². The van der Waals surface area contributed by atoms with Gasteiger partial charge in [0.05, 0.1) is 34.9 Å². The molecule has 0 aliphatic rings. The highest BCUT2D eigenvalue weighted by molar-refractivity contribution is 6.32. The van der Waals surface area contributed by atoms with Crippen LogP contribution in [0.15, 0.2) is 43.0 Å². The highest BCUT2D eigenvalue weighted by Crippen LogP contribution is 2.29. The number of aliphatic hydroxyl groups excluding tert-OH is 1. The molecule has 0 aliphatic heterocycles. The minimum Gasteiger partial charge on any atom is -0.390 e. The minimum atomic E-state index is -3.30. The van der Waals surface area contributed by atoms with Gasteiger partial charge in [-0.1, -0.05) is 11.6 Å². The van der Waals surface area contributed by atoms with Crippen LogP contribution >= 0.6 is 11.6 Å². The average molecular weight is 475 g/mol. The summed E-state index contributed by atoms with van der Waals surface area (Å²) in [5.41, 5.74) is 0.515. The van der Waals surface area contributed by atoms with Gasteiger partial charge in [-0.15, -0.1) is 0 Å². The molecule has 3 aromatic heterocycles. The third kappa shape index (κ3) is 4.79. The molecule has 0 atom stereocenters. The second kappa shape index (κ2) is 8.89. The zero-order valence-electron chi connectivity index (χ0n) is 16.6. The van der Waals surface area contributed by atoms with E-state index in [4.69, 9.17) is 22.0 Å². The van der Waals surface area contributed by atoms with E-state index < -0.39 is 24.9 Å². The van der Waals surface area contributed by atoms with Gasteiger partial charge in [0.2, 0.25) is 0 Å². The number of alkyl halides is 2. The average Bonchev–Trinajstić information content (AvgIpc) is 3.20. The molecule has 0 unspecified atom stereocenters. The Morgan fingerprint density at radius 3 is 2.58 bits per heavy atom.